The van der Waals surface area contributed by atoms with Gasteiger partial charge in [-0.3, -0.25) is 5.32 Å². The van der Waals surface area contributed by atoms with E-state index in [2.05, 4.69) is 10.3 Å². The predicted molar refractivity (Wildman–Crippen MR) is 81.8 cm³/mol. The second-order valence-corrected chi connectivity index (χ2v) is 5.41. The average Bonchev–Trinajstić information content (AvgIpc) is 2.55. The molecule has 1 atom stereocenters. The predicted octanol–water partition coefficient (Wildman–Crippen LogP) is 3.19. The van der Waals surface area contributed by atoms with Gasteiger partial charge in [0.15, 0.2) is 0 Å². The van der Waals surface area contributed by atoms with E-state index in [-0.39, 0.29) is 17.3 Å². The molecule has 23 heavy (non-hydrogen) atoms. The summed E-state index contributed by atoms with van der Waals surface area (Å²) in [6.07, 6.45) is 1.53. The highest BCUT2D eigenvalue weighted by Gasteiger charge is 2.38. The SMILES string of the molecule is COC(=O)[C@@](C)(NCc1cccnc1Cl)c1cc(F)ccc1F. The summed E-state index contributed by atoms with van der Waals surface area (Å²) in [5.41, 5.74) is -1.12. The first kappa shape index (κ1) is 17.3. The number of aromatic nitrogens is 1. The van der Waals surface area contributed by atoms with Crippen molar-refractivity contribution in [1.82, 2.24) is 10.3 Å². The van der Waals surface area contributed by atoms with Gasteiger partial charge in [-0.25, -0.2) is 18.6 Å². The quantitative estimate of drug-likeness (QED) is 0.671. The van der Waals surface area contributed by atoms with Gasteiger partial charge >= 0.3 is 5.97 Å². The number of carbonyl (C=O) groups excluding carboxylic acids is 1. The van der Waals surface area contributed by atoms with Crippen LogP contribution < -0.4 is 5.32 Å². The highest BCUT2D eigenvalue weighted by Crippen LogP contribution is 2.27. The van der Waals surface area contributed by atoms with Gasteiger partial charge in [-0.15, -0.1) is 0 Å². The fourth-order valence-corrected chi connectivity index (χ4v) is 2.37. The Morgan fingerprint density at radius 1 is 1.39 bits per heavy atom. The molecule has 1 aromatic heterocycles. The van der Waals surface area contributed by atoms with Gasteiger partial charge in [0.05, 0.1) is 7.11 Å². The lowest BCUT2D eigenvalue weighted by atomic mass is 9.91. The monoisotopic (exact) mass is 340 g/mol. The van der Waals surface area contributed by atoms with Crippen molar-refractivity contribution in [3.63, 3.8) is 0 Å². The Hall–Kier alpha value is -2.05. The van der Waals surface area contributed by atoms with Gasteiger partial charge in [0, 0.05) is 23.9 Å². The molecular weight excluding hydrogens is 326 g/mol. The van der Waals surface area contributed by atoms with Crippen LogP contribution in [0.1, 0.15) is 18.1 Å². The Balaban J connectivity index is 2.38. The van der Waals surface area contributed by atoms with Crippen molar-refractivity contribution in [2.75, 3.05) is 7.11 Å². The Labute approximate surface area is 137 Å². The number of pyridine rings is 1. The van der Waals surface area contributed by atoms with Crippen LogP contribution in [0, 0.1) is 11.6 Å². The molecule has 4 nitrogen and oxygen atoms in total. The van der Waals surface area contributed by atoms with E-state index in [1.54, 1.807) is 12.1 Å². The molecule has 0 spiro atoms. The highest BCUT2D eigenvalue weighted by molar-refractivity contribution is 6.30. The molecule has 1 heterocycles. The van der Waals surface area contributed by atoms with Crippen molar-refractivity contribution in [3.8, 4) is 0 Å². The third-order valence-electron chi connectivity index (χ3n) is 3.53. The van der Waals surface area contributed by atoms with Gasteiger partial charge in [0.25, 0.3) is 0 Å². The molecule has 0 aliphatic heterocycles. The molecule has 0 aliphatic carbocycles. The molecule has 1 aromatic carbocycles. The maximum absolute atomic E-state index is 14.1. The molecule has 0 saturated heterocycles. The van der Waals surface area contributed by atoms with Crippen LogP contribution in [0.4, 0.5) is 8.78 Å². The summed E-state index contributed by atoms with van der Waals surface area (Å²) < 4.78 is 32.4. The van der Waals surface area contributed by atoms with Gasteiger partial charge in [0.2, 0.25) is 0 Å². The molecular formula is C16H15ClF2N2O2. The lowest BCUT2D eigenvalue weighted by Gasteiger charge is -2.29. The topological polar surface area (TPSA) is 51.2 Å². The summed E-state index contributed by atoms with van der Waals surface area (Å²) in [7, 11) is 1.18. The zero-order valence-corrected chi connectivity index (χ0v) is 13.3. The van der Waals surface area contributed by atoms with E-state index in [1.165, 1.54) is 20.2 Å². The minimum absolute atomic E-state index is 0.119. The van der Waals surface area contributed by atoms with Gasteiger partial charge in [-0.05, 0) is 31.2 Å². The second kappa shape index (κ2) is 7.02. The average molecular weight is 341 g/mol. The number of esters is 1. The Kier molecular flexibility index (Phi) is 5.28. The van der Waals surface area contributed by atoms with Gasteiger partial charge in [-0.2, -0.15) is 0 Å². The summed E-state index contributed by atoms with van der Waals surface area (Å²) in [6.45, 7) is 1.54. The first-order valence-corrected chi connectivity index (χ1v) is 7.14. The van der Waals surface area contributed by atoms with Gasteiger partial charge < -0.3 is 4.74 Å². The number of halogens is 3. The lowest BCUT2D eigenvalue weighted by molar-refractivity contribution is -0.148. The maximum atomic E-state index is 14.1. The van der Waals surface area contributed by atoms with E-state index >= 15 is 0 Å². The van der Waals surface area contributed by atoms with Crippen molar-refractivity contribution < 1.29 is 18.3 Å². The third kappa shape index (κ3) is 3.65. The Morgan fingerprint density at radius 2 is 2.13 bits per heavy atom. The summed E-state index contributed by atoms with van der Waals surface area (Å²) >= 11 is 5.97. The third-order valence-corrected chi connectivity index (χ3v) is 3.87. The Morgan fingerprint density at radius 3 is 2.78 bits per heavy atom. The molecule has 7 heteroatoms. The maximum Gasteiger partial charge on any atom is 0.330 e. The minimum atomic E-state index is -1.58. The summed E-state index contributed by atoms with van der Waals surface area (Å²) in [6, 6.07) is 6.30. The van der Waals surface area contributed by atoms with Crippen molar-refractivity contribution in [1.29, 1.82) is 0 Å². The number of nitrogens with one attached hydrogen (secondary N) is 1. The van der Waals surface area contributed by atoms with E-state index in [9.17, 15) is 13.6 Å². The summed E-state index contributed by atoms with van der Waals surface area (Å²) in [5.74, 6) is -2.12. The van der Waals surface area contributed by atoms with Crippen LogP contribution in [0.25, 0.3) is 0 Å². The molecule has 0 aliphatic rings. The fourth-order valence-electron chi connectivity index (χ4n) is 2.19. The number of hydrogen-bond acceptors (Lipinski definition) is 4. The van der Waals surface area contributed by atoms with Gasteiger partial charge in [0.1, 0.15) is 22.3 Å². The Bertz CT molecular complexity index is 727. The van der Waals surface area contributed by atoms with Gasteiger partial charge in [-0.1, -0.05) is 17.7 Å². The minimum Gasteiger partial charge on any atom is -0.467 e. The summed E-state index contributed by atoms with van der Waals surface area (Å²) in [4.78, 5) is 16.1. The lowest BCUT2D eigenvalue weighted by Crippen LogP contribution is -2.47. The molecule has 1 N–H and O–H groups in total. The first-order valence-electron chi connectivity index (χ1n) is 6.77. The first-order chi connectivity index (χ1) is 10.9. The molecule has 2 aromatic rings. The number of carbonyl (C=O) groups is 1. The summed E-state index contributed by atoms with van der Waals surface area (Å²) in [5, 5.41) is 3.14. The molecule has 0 fully saturated rings. The molecule has 122 valence electrons. The van der Waals surface area contributed by atoms with E-state index in [1.807, 2.05) is 0 Å². The number of methoxy groups -OCH3 is 1. The van der Waals surface area contributed by atoms with Crippen LogP contribution >= 0.6 is 11.6 Å². The van der Waals surface area contributed by atoms with E-state index < -0.39 is 23.1 Å². The van der Waals surface area contributed by atoms with E-state index in [0.29, 0.717) is 5.56 Å². The number of ether oxygens (including phenoxy) is 1. The fraction of sp³-hybridized carbons (Fsp3) is 0.250. The van der Waals surface area contributed by atoms with Crippen LogP contribution in [0.3, 0.4) is 0 Å². The zero-order chi connectivity index (χ0) is 17.0. The van der Waals surface area contributed by atoms with Crippen molar-refractivity contribution in [3.05, 3.63) is 64.4 Å². The number of benzene rings is 1. The highest BCUT2D eigenvalue weighted by atomic mass is 35.5. The van der Waals surface area contributed by atoms with Crippen molar-refractivity contribution in [2.45, 2.75) is 19.0 Å². The van der Waals surface area contributed by atoms with Crippen molar-refractivity contribution in [2.24, 2.45) is 0 Å². The van der Waals surface area contributed by atoms with Crippen LogP contribution in [0.5, 0.6) is 0 Å². The standard InChI is InChI=1S/C16H15ClF2N2O2/c1-16(15(22)23-2,12-8-11(18)5-6-13(12)19)21-9-10-4-3-7-20-14(10)17/h3-8,21H,9H2,1-2H3/t16-/m0/s1. The molecule has 0 amide bonds. The number of nitrogens with zero attached hydrogens (tertiary/aromatic N) is 1. The number of hydrogen-bond donors (Lipinski definition) is 1. The molecule has 0 bridgehead atoms. The molecule has 0 radical (unpaired) electrons. The smallest absolute Gasteiger partial charge is 0.330 e. The number of rotatable bonds is 5. The largest absolute Gasteiger partial charge is 0.467 e. The molecule has 2 rings (SSSR count). The second-order valence-electron chi connectivity index (χ2n) is 5.05. The van der Waals surface area contributed by atoms with Crippen LogP contribution in [-0.2, 0) is 21.6 Å². The van der Waals surface area contributed by atoms with Crippen LogP contribution in [0.2, 0.25) is 5.15 Å². The van der Waals surface area contributed by atoms with E-state index in [4.69, 9.17) is 16.3 Å². The van der Waals surface area contributed by atoms with Crippen molar-refractivity contribution >= 4 is 17.6 Å². The molecule has 0 unspecified atom stereocenters. The molecule has 0 saturated carbocycles. The van der Waals surface area contributed by atoms with Crippen LogP contribution in [0.15, 0.2) is 36.5 Å². The van der Waals surface area contributed by atoms with E-state index in [0.717, 1.165) is 18.2 Å². The zero-order valence-electron chi connectivity index (χ0n) is 12.6. The van der Waals surface area contributed by atoms with Crippen LogP contribution in [-0.4, -0.2) is 18.1 Å². The normalized spacial score (nSPS) is 13.4.